The molecule has 0 N–H and O–H groups in total. The number of rotatable bonds is 5. The first-order valence-corrected chi connectivity index (χ1v) is 5.98. The molecule has 0 saturated carbocycles. The number of nitrogens with zero attached hydrogens (tertiary/aromatic N) is 1. The van der Waals surface area contributed by atoms with E-state index >= 15 is 0 Å². The van der Waals surface area contributed by atoms with Gasteiger partial charge in [0.2, 0.25) is 6.41 Å². The summed E-state index contributed by atoms with van der Waals surface area (Å²) < 4.78 is 11.9. The highest BCUT2D eigenvalue weighted by molar-refractivity contribution is 4.73. The van der Waals surface area contributed by atoms with Crippen molar-refractivity contribution in [2.75, 3.05) is 14.1 Å². The molecule has 16 heavy (non-hydrogen) atoms. The second-order valence-electron chi connectivity index (χ2n) is 6.38. The molecular formula is C13H29NO2. The van der Waals surface area contributed by atoms with E-state index in [0.29, 0.717) is 5.92 Å². The lowest BCUT2D eigenvalue weighted by Crippen LogP contribution is -2.46. The van der Waals surface area contributed by atoms with Crippen LogP contribution in [-0.4, -0.2) is 36.6 Å². The van der Waals surface area contributed by atoms with Gasteiger partial charge in [-0.2, -0.15) is 0 Å². The zero-order valence-electron chi connectivity index (χ0n) is 12.4. The van der Waals surface area contributed by atoms with E-state index in [4.69, 9.17) is 9.47 Å². The quantitative estimate of drug-likeness (QED) is 0.679. The second kappa shape index (κ2) is 5.48. The Balaban J connectivity index is 4.58. The van der Waals surface area contributed by atoms with Gasteiger partial charge in [0.15, 0.2) is 0 Å². The molecule has 0 aromatic rings. The van der Waals surface area contributed by atoms with Crippen LogP contribution in [0.3, 0.4) is 0 Å². The minimum Gasteiger partial charge on any atom is -0.334 e. The number of hydrogen-bond donors (Lipinski definition) is 0. The fraction of sp³-hybridized carbons (Fsp3) is 1.00. The van der Waals surface area contributed by atoms with Crippen LogP contribution in [0.1, 0.15) is 48.5 Å². The summed E-state index contributed by atoms with van der Waals surface area (Å²) in [5, 5.41) is 0. The molecule has 0 spiro atoms. The molecule has 0 rings (SSSR count). The van der Waals surface area contributed by atoms with E-state index in [1.165, 1.54) is 0 Å². The third kappa shape index (κ3) is 5.83. The largest absolute Gasteiger partial charge is 0.334 e. The van der Waals surface area contributed by atoms with Gasteiger partial charge in [-0.1, -0.05) is 13.8 Å². The van der Waals surface area contributed by atoms with Crippen LogP contribution in [-0.2, 0) is 9.47 Å². The fourth-order valence-electron chi connectivity index (χ4n) is 0.933. The average molecular weight is 231 g/mol. The van der Waals surface area contributed by atoms with E-state index < -0.39 is 0 Å². The van der Waals surface area contributed by atoms with Crippen molar-refractivity contribution in [1.82, 2.24) is 4.90 Å². The van der Waals surface area contributed by atoms with E-state index in [9.17, 15) is 0 Å². The maximum Gasteiger partial charge on any atom is 0.219 e. The molecule has 1 unspecified atom stereocenters. The lowest BCUT2D eigenvalue weighted by atomic mass is 9.95. The molecule has 3 nitrogen and oxygen atoms in total. The third-order valence-electron chi connectivity index (χ3n) is 2.67. The highest BCUT2D eigenvalue weighted by Gasteiger charge is 2.31. The summed E-state index contributed by atoms with van der Waals surface area (Å²) in [4.78, 5) is 1.95. The molecule has 3 heteroatoms. The minimum atomic E-state index is -0.308. The van der Waals surface area contributed by atoms with Crippen LogP contribution in [0.25, 0.3) is 0 Å². The van der Waals surface area contributed by atoms with Crippen molar-refractivity contribution in [2.24, 2.45) is 5.92 Å². The number of ether oxygens (including phenoxy) is 2. The van der Waals surface area contributed by atoms with Crippen molar-refractivity contribution in [3.63, 3.8) is 0 Å². The molecule has 0 amide bonds. The third-order valence-corrected chi connectivity index (χ3v) is 2.67. The zero-order chi connectivity index (χ0) is 13.1. The summed E-state index contributed by atoms with van der Waals surface area (Å²) in [6.07, 6.45) is -0.308. The smallest absolute Gasteiger partial charge is 0.219 e. The predicted molar refractivity (Wildman–Crippen MR) is 68.3 cm³/mol. The Bertz CT molecular complexity index is 204. The molecule has 0 aliphatic rings. The summed E-state index contributed by atoms with van der Waals surface area (Å²) in [5.74, 6) is 0.443. The SMILES string of the molecule is CC(C)C(C)(C)OC(OC(C)(C)C)N(C)C. The minimum absolute atomic E-state index is 0.194. The lowest BCUT2D eigenvalue weighted by Gasteiger charge is -2.39. The molecule has 0 saturated heterocycles. The van der Waals surface area contributed by atoms with E-state index in [0.717, 1.165) is 0 Å². The van der Waals surface area contributed by atoms with Crippen LogP contribution in [0.4, 0.5) is 0 Å². The van der Waals surface area contributed by atoms with Gasteiger partial charge >= 0.3 is 0 Å². The maximum absolute atomic E-state index is 6.04. The lowest BCUT2D eigenvalue weighted by molar-refractivity contribution is -0.295. The Morgan fingerprint density at radius 3 is 1.56 bits per heavy atom. The topological polar surface area (TPSA) is 21.7 Å². The molecule has 0 heterocycles. The van der Waals surface area contributed by atoms with Crippen LogP contribution in [0.5, 0.6) is 0 Å². The van der Waals surface area contributed by atoms with Crippen LogP contribution < -0.4 is 0 Å². The van der Waals surface area contributed by atoms with Crippen molar-refractivity contribution >= 4 is 0 Å². The second-order valence-corrected chi connectivity index (χ2v) is 6.38. The first-order chi connectivity index (χ1) is 6.96. The number of hydrogen-bond acceptors (Lipinski definition) is 3. The van der Waals surface area contributed by atoms with Gasteiger partial charge < -0.3 is 9.47 Å². The molecule has 1 atom stereocenters. The Hall–Kier alpha value is -0.120. The molecule has 0 aromatic carbocycles. The van der Waals surface area contributed by atoms with E-state index in [-0.39, 0.29) is 17.6 Å². The van der Waals surface area contributed by atoms with E-state index in [1.807, 2.05) is 39.8 Å². The Labute approximate surface area is 101 Å². The van der Waals surface area contributed by atoms with Crippen molar-refractivity contribution < 1.29 is 9.47 Å². The maximum atomic E-state index is 6.04. The summed E-state index contributed by atoms with van der Waals surface area (Å²) >= 11 is 0. The van der Waals surface area contributed by atoms with Crippen LogP contribution in [0.2, 0.25) is 0 Å². The monoisotopic (exact) mass is 231 g/mol. The fourth-order valence-corrected chi connectivity index (χ4v) is 0.933. The predicted octanol–water partition coefficient (Wildman–Crippen LogP) is 3.10. The molecule has 0 aliphatic heterocycles. The van der Waals surface area contributed by atoms with Crippen molar-refractivity contribution in [3.05, 3.63) is 0 Å². The summed E-state index contributed by atoms with van der Waals surface area (Å²) in [7, 11) is 3.93. The van der Waals surface area contributed by atoms with Crippen molar-refractivity contribution in [2.45, 2.75) is 66.1 Å². The Kier molecular flexibility index (Phi) is 5.44. The van der Waals surface area contributed by atoms with Crippen molar-refractivity contribution in [1.29, 1.82) is 0 Å². The van der Waals surface area contributed by atoms with Gasteiger partial charge in [-0.25, -0.2) is 0 Å². The first-order valence-electron chi connectivity index (χ1n) is 5.98. The first kappa shape index (κ1) is 15.9. The molecule has 0 fully saturated rings. The molecule has 98 valence electrons. The highest BCUT2D eigenvalue weighted by Crippen LogP contribution is 2.25. The summed E-state index contributed by atoms with van der Waals surface area (Å²) in [6.45, 7) is 14.6. The van der Waals surface area contributed by atoms with Gasteiger partial charge in [-0.3, -0.25) is 4.90 Å². The molecule has 0 aliphatic carbocycles. The molecule has 0 aromatic heterocycles. The molecule has 0 bridgehead atoms. The van der Waals surface area contributed by atoms with Crippen molar-refractivity contribution in [3.8, 4) is 0 Å². The Morgan fingerprint density at radius 2 is 1.31 bits per heavy atom. The van der Waals surface area contributed by atoms with Gasteiger partial charge in [-0.05, 0) is 54.6 Å². The van der Waals surface area contributed by atoms with Gasteiger partial charge in [0.1, 0.15) is 0 Å². The summed E-state index contributed by atoms with van der Waals surface area (Å²) in [5.41, 5.74) is -0.401. The molecule has 0 radical (unpaired) electrons. The molecular weight excluding hydrogens is 202 g/mol. The van der Waals surface area contributed by atoms with Gasteiger partial charge in [-0.15, -0.1) is 0 Å². The van der Waals surface area contributed by atoms with E-state index in [1.54, 1.807) is 0 Å². The van der Waals surface area contributed by atoms with Crippen LogP contribution >= 0.6 is 0 Å². The van der Waals surface area contributed by atoms with Gasteiger partial charge in [0.25, 0.3) is 0 Å². The Morgan fingerprint density at radius 1 is 0.875 bits per heavy atom. The van der Waals surface area contributed by atoms with Gasteiger partial charge in [0.05, 0.1) is 11.2 Å². The average Bonchev–Trinajstić information content (AvgIpc) is 1.99. The van der Waals surface area contributed by atoms with Gasteiger partial charge in [0, 0.05) is 0 Å². The van der Waals surface area contributed by atoms with E-state index in [2.05, 4.69) is 27.7 Å². The van der Waals surface area contributed by atoms with Crippen LogP contribution in [0.15, 0.2) is 0 Å². The summed E-state index contributed by atoms with van der Waals surface area (Å²) in [6, 6.07) is 0. The van der Waals surface area contributed by atoms with Crippen LogP contribution in [0, 0.1) is 5.92 Å². The standard InChI is InChI=1S/C13H29NO2/c1-10(2)13(6,7)16-11(14(8)9)15-12(3,4)5/h10-11H,1-9H3. The highest BCUT2D eigenvalue weighted by atomic mass is 16.7. The normalized spacial score (nSPS) is 15.9. The zero-order valence-corrected chi connectivity index (χ0v) is 12.4.